The second-order valence-electron chi connectivity index (χ2n) is 1.84. The van der Waals surface area contributed by atoms with Gasteiger partial charge in [0.25, 0.3) is 0 Å². The zero-order valence-corrected chi connectivity index (χ0v) is 6.33. The van der Waals surface area contributed by atoms with Gasteiger partial charge in [-0.25, -0.2) is 4.79 Å². The van der Waals surface area contributed by atoms with Gasteiger partial charge in [0.1, 0.15) is 6.61 Å². The van der Waals surface area contributed by atoms with Gasteiger partial charge in [-0.05, 0) is 6.92 Å². The lowest BCUT2D eigenvalue weighted by Crippen LogP contribution is -2.05. The van der Waals surface area contributed by atoms with Crippen molar-refractivity contribution >= 4 is 5.97 Å². The van der Waals surface area contributed by atoms with Crippen LogP contribution in [0.4, 0.5) is 0 Å². The van der Waals surface area contributed by atoms with Crippen molar-refractivity contribution in [1.82, 2.24) is 0 Å². The first-order chi connectivity index (χ1) is 5.22. The average Bonchev–Trinajstić information content (AvgIpc) is 2.00. The monoisotopic (exact) mass is 151 g/mol. The number of hydrogen-bond donors (Lipinski definition) is 0. The van der Waals surface area contributed by atoms with E-state index in [4.69, 9.17) is 5.26 Å². The molecule has 0 unspecified atom stereocenters. The molecule has 58 valence electrons. The highest BCUT2D eigenvalue weighted by molar-refractivity contribution is 5.88. The minimum absolute atomic E-state index is 0.176. The van der Waals surface area contributed by atoms with Crippen molar-refractivity contribution in [3.63, 3.8) is 0 Å². The van der Waals surface area contributed by atoms with Gasteiger partial charge in [0.2, 0.25) is 0 Å². The van der Waals surface area contributed by atoms with Crippen LogP contribution in [0, 0.1) is 11.3 Å². The molecular weight excluding hydrogens is 142 g/mol. The van der Waals surface area contributed by atoms with E-state index in [0.717, 1.165) is 6.08 Å². The zero-order valence-electron chi connectivity index (χ0n) is 6.33. The lowest BCUT2D eigenvalue weighted by atomic mass is 10.3. The molecule has 0 atom stereocenters. The number of carbonyl (C=O) groups excluding carboxylic acids is 1. The number of nitriles is 1. The Labute approximate surface area is 65.6 Å². The highest BCUT2D eigenvalue weighted by Gasteiger charge is 2.02. The molecule has 3 nitrogen and oxygen atoms in total. The van der Waals surface area contributed by atoms with Crippen LogP contribution >= 0.6 is 0 Å². The van der Waals surface area contributed by atoms with Crippen LogP contribution in [0.2, 0.25) is 0 Å². The van der Waals surface area contributed by atoms with E-state index >= 15 is 0 Å². The van der Waals surface area contributed by atoms with E-state index in [2.05, 4.69) is 11.3 Å². The fraction of sp³-hybridized carbons (Fsp3) is 0.250. The smallest absolute Gasteiger partial charge is 0.334 e. The summed E-state index contributed by atoms with van der Waals surface area (Å²) < 4.78 is 4.63. The lowest BCUT2D eigenvalue weighted by molar-refractivity contribution is -0.137. The number of hydrogen-bond acceptors (Lipinski definition) is 3. The summed E-state index contributed by atoms with van der Waals surface area (Å²) in [4.78, 5) is 10.8. The van der Waals surface area contributed by atoms with Crippen molar-refractivity contribution in [2.24, 2.45) is 0 Å². The summed E-state index contributed by atoms with van der Waals surface area (Å²) >= 11 is 0. The summed E-state index contributed by atoms with van der Waals surface area (Å²) in [5, 5.41) is 8.16. The predicted molar refractivity (Wildman–Crippen MR) is 40.5 cm³/mol. The molecule has 0 amide bonds. The number of allylic oxidation sites excluding steroid dienone is 1. The molecule has 0 aromatic rings. The first-order valence-corrected chi connectivity index (χ1v) is 3.06. The topological polar surface area (TPSA) is 50.1 Å². The summed E-state index contributed by atoms with van der Waals surface area (Å²) in [7, 11) is 0. The van der Waals surface area contributed by atoms with Gasteiger partial charge in [0, 0.05) is 11.6 Å². The molecule has 0 heterocycles. The molecule has 0 spiro atoms. The van der Waals surface area contributed by atoms with E-state index in [0.29, 0.717) is 5.57 Å². The molecule has 0 radical (unpaired) electrons. The number of carbonyl (C=O) groups is 1. The standard InChI is InChI=1S/C8H9NO2/c1-3-6-11-8(10)7(2)4-5-9/h3-4H,1,6H2,2H3. The van der Waals surface area contributed by atoms with E-state index in [-0.39, 0.29) is 6.61 Å². The third-order valence-electron chi connectivity index (χ3n) is 0.935. The Morgan fingerprint density at radius 3 is 2.91 bits per heavy atom. The van der Waals surface area contributed by atoms with Crippen LogP contribution in [0.3, 0.4) is 0 Å². The fourth-order valence-electron chi connectivity index (χ4n) is 0.404. The number of esters is 1. The van der Waals surface area contributed by atoms with Crippen LogP contribution in [0.15, 0.2) is 24.3 Å². The molecule has 0 aliphatic rings. The second kappa shape index (κ2) is 5.24. The zero-order chi connectivity index (χ0) is 8.69. The van der Waals surface area contributed by atoms with Gasteiger partial charge in [-0.3, -0.25) is 0 Å². The molecule has 0 saturated heterocycles. The molecule has 0 rings (SSSR count). The maximum Gasteiger partial charge on any atom is 0.334 e. The van der Waals surface area contributed by atoms with Gasteiger partial charge in [0.15, 0.2) is 0 Å². The van der Waals surface area contributed by atoms with Crippen LogP contribution in [-0.4, -0.2) is 12.6 Å². The van der Waals surface area contributed by atoms with Crippen LogP contribution < -0.4 is 0 Å². The van der Waals surface area contributed by atoms with Crippen LogP contribution in [0.1, 0.15) is 6.92 Å². The van der Waals surface area contributed by atoms with Crippen molar-refractivity contribution in [3.8, 4) is 6.07 Å². The molecule has 0 aromatic heterocycles. The maximum atomic E-state index is 10.8. The molecule has 0 aliphatic heterocycles. The summed E-state index contributed by atoms with van der Waals surface area (Å²) in [5.41, 5.74) is 0.300. The normalized spacial score (nSPS) is 10.0. The molecule has 0 aromatic carbocycles. The van der Waals surface area contributed by atoms with Gasteiger partial charge in [0.05, 0.1) is 6.07 Å². The van der Waals surface area contributed by atoms with Crippen molar-refractivity contribution in [3.05, 3.63) is 24.3 Å². The van der Waals surface area contributed by atoms with Crippen LogP contribution in [0.5, 0.6) is 0 Å². The van der Waals surface area contributed by atoms with E-state index in [1.807, 2.05) is 0 Å². The van der Waals surface area contributed by atoms with Gasteiger partial charge in [-0.1, -0.05) is 12.7 Å². The summed E-state index contributed by atoms with van der Waals surface area (Å²) in [5.74, 6) is -0.480. The highest BCUT2D eigenvalue weighted by Crippen LogP contribution is 1.94. The molecule has 11 heavy (non-hydrogen) atoms. The first-order valence-electron chi connectivity index (χ1n) is 3.06. The first kappa shape index (κ1) is 9.44. The summed E-state index contributed by atoms with van der Waals surface area (Å²) in [6.45, 7) is 5.07. The van der Waals surface area contributed by atoms with Gasteiger partial charge in [-0.2, -0.15) is 5.26 Å². The third kappa shape index (κ3) is 3.93. The Morgan fingerprint density at radius 2 is 2.45 bits per heavy atom. The van der Waals surface area contributed by atoms with Crippen molar-refractivity contribution < 1.29 is 9.53 Å². The fourth-order valence-corrected chi connectivity index (χ4v) is 0.404. The molecule has 0 saturated carbocycles. The largest absolute Gasteiger partial charge is 0.458 e. The third-order valence-corrected chi connectivity index (χ3v) is 0.935. The average molecular weight is 151 g/mol. The Hall–Kier alpha value is -1.56. The molecule has 0 fully saturated rings. The van der Waals surface area contributed by atoms with Gasteiger partial charge >= 0.3 is 5.97 Å². The van der Waals surface area contributed by atoms with Crippen molar-refractivity contribution in [2.75, 3.05) is 6.61 Å². The highest BCUT2D eigenvalue weighted by atomic mass is 16.5. The SMILES string of the molecule is C=CCOC(=O)C(C)=CC#N. The Kier molecular flexibility index (Phi) is 4.50. The Balaban J connectivity index is 3.95. The summed E-state index contributed by atoms with van der Waals surface area (Å²) in [6.07, 6.45) is 2.61. The van der Waals surface area contributed by atoms with Gasteiger partial charge < -0.3 is 4.74 Å². The quantitative estimate of drug-likeness (QED) is 0.263. The van der Waals surface area contributed by atoms with E-state index in [1.165, 1.54) is 13.0 Å². The molecule has 0 aliphatic carbocycles. The number of nitrogens with zero attached hydrogens (tertiary/aromatic N) is 1. The maximum absolute atomic E-state index is 10.8. The second-order valence-corrected chi connectivity index (χ2v) is 1.84. The van der Waals surface area contributed by atoms with Crippen LogP contribution in [-0.2, 0) is 9.53 Å². The Morgan fingerprint density at radius 1 is 1.82 bits per heavy atom. The molecule has 3 heteroatoms. The van der Waals surface area contributed by atoms with E-state index < -0.39 is 5.97 Å². The number of ether oxygens (including phenoxy) is 1. The molecule has 0 N–H and O–H groups in total. The molecule has 0 bridgehead atoms. The predicted octanol–water partition coefficient (Wildman–Crippen LogP) is 1.19. The Bertz CT molecular complexity index is 223. The van der Waals surface area contributed by atoms with E-state index in [1.54, 1.807) is 6.07 Å². The molecular formula is C8H9NO2. The van der Waals surface area contributed by atoms with Crippen molar-refractivity contribution in [1.29, 1.82) is 5.26 Å². The minimum Gasteiger partial charge on any atom is -0.458 e. The number of rotatable bonds is 3. The van der Waals surface area contributed by atoms with Crippen molar-refractivity contribution in [2.45, 2.75) is 6.92 Å². The summed E-state index contributed by atoms with van der Waals surface area (Å²) in [6, 6.07) is 1.74. The van der Waals surface area contributed by atoms with E-state index in [9.17, 15) is 4.79 Å². The minimum atomic E-state index is -0.480. The van der Waals surface area contributed by atoms with Crippen LogP contribution in [0.25, 0.3) is 0 Å². The van der Waals surface area contributed by atoms with Gasteiger partial charge in [-0.15, -0.1) is 0 Å². The lowest BCUT2D eigenvalue weighted by Gasteiger charge is -1.98.